The molecule has 0 unspecified atom stereocenters. The number of nitrogens with zero attached hydrogens (tertiary/aromatic N) is 4. The highest BCUT2D eigenvalue weighted by atomic mass is 127. The van der Waals surface area contributed by atoms with E-state index in [9.17, 15) is 0 Å². The third-order valence-corrected chi connectivity index (χ3v) is 4.01. The standard InChI is InChI=1S/C18H19ClN6O2.HI/c1-26-15-6-4-14(5-7-15)25-11-13(23-24-25)10-21-18(20)22-12-3-8-17(27-2)16(19)9-12;/h3-9,11H,10H2,1-2H3,(H3,20,21,22);1H. The number of anilines is 1. The van der Waals surface area contributed by atoms with Crippen molar-refractivity contribution in [2.24, 2.45) is 10.7 Å². The normalized spacial score (nSPS) is 10.9. The van der Waals surface area contributed by atoms with E-state index in [0.29, 0.717) is 28.7 Å². The summed E-state index contributed by atoms with van der Waals surface area (Å²) in [6.07, 6.45) is 1.79. The molecule has 2 aromatic carbocycles. The third-order valence-electron chi connectivity index (χ3n) is 3.71. The zero-order valence-corrected chi connectivity index (χ0v) is 18.4. The highest BCUT2D eigenvalue weighted by Gasteiger charge is 2.05. The van der Waals surface area contributed by atoms with Crippen LogP contribution < -0.4 is 20.5 Å². The molecule has 1 aromatic heterocycles. The Bertz CT molecular complexity index is 946. The summed E-state index contributed by atoms with van der Waals surface area (Å²) in [5, 5.41) is 11.7. The number of halogens is 2. The average Bonchev–Trinajstić information content (AvgIpc) is 3.16. The number of aliphatic imine (C=N–C) groups is 1. The number of methoxy groups -OCH3 is 2. The number of rotatable bonds is 6. The maximum Gasteiger partial charge on any atom is 0.193 e. The molecule has 0 aliphatic rings. The van der Waals surface area contributed by atoms with Gasteiger partial charge in [-0.25, -0.2) is 9.67 Å². The molecule has 148 valence electrons. The minimum Gasteiger partial charge on any atom is -0.497 e. The monoisotopic (exact) mass is 514 g/mol. The molecule has 3 rings (SSSR count). The minimum absolute atomic E-state index is 0. The Hall–Kier alpha value is -2.53. The van der Waals surface area contributed by atoms with Crippen molar-refractivity contribution in [1.82, 2.24) is 15.0 Å². The van der Waals surface area contributed by atoms with Crippen molar-refractivity contribution in [3.05, 3.63) is 59.4 Å². The van der Waals surface area contributed by atoms with Crippen molar-refractivity contribution >= 4 is 47.2 Å². The van der Waals surface area contributed by atoms with E-state index in [-0.39, 0.29) is 29.9 Å². The highest BCUT2D eigenvalue weighted by Crippen LogP contribution is 2.27. The fourth-order valence-electron chi connectivity index (χ4n) is 2.33. The molecule has 0 spiro atoms. The van der Waals surface area contributed by atoms with Gasteiger partial charge in [-0.3, -0.25) is 0 Å². The van der Waals surface area contributed by atoms with Gasteiger partial charge in [0.15, 0.2) is 5.96 Å². The molecule has 0 saturated heterocycles. The van der Waals surface area contributed by atoms with Crippen molar-refractivity contribution in [2.75, 3.05) is 19.5 Å². The Morgan fingerprint density at radius 2 is 1.93 bits per heavy atom. The van der Waals surface area contributed by atoms with E-state index < -0.39 is 0 Å². The van der Waals surface area contributed by atoms with Gasteiger partial charge >= 0.3 is 0 Å². The van der Waals surface area contributed by atoms with Crippen LogP contribution in [0.25, 0.3) is 5.69 Å². The summed E-state index contributed by atoms with van der Waals surface area (Å²) < 4.78 is 11.9. The first kappa shape index (κ1) is 21.8. The summed E-state index contributed by atoms with van der Waals surface area (Å²) in [7, 11) is 3.18. The van der Waals surface area contributed by atoms with Crippen molar-refractivity contribution < 1.29 is 9.47 Å². The fraction of sp³-hybridized carbons (Fsp3) is 0.167. The Balaban J connectivity index is 0.00000280. The second-order valence-electron chi connectivity index (χ2n) is 5.53. The maximum atomic E-state index is 6.09. The van der Waals surface area contributed by atoms with E-state index in [1.807, 2.05) is 24.3 Å². The Morgan fingerprint density at radius 3 is 2.57 bits per heavy atom. The average molecular weight is 515 g/mol. The third kappa shape index (κ3) is 5.49. The lowest BCUT2D eigenvalue weighted by atomic mass is 10.3. The predicted molar refractivity (Wildman–Crippen MR) is 120 cm³/mol. The topological polar surface area (TPSA) is 99.6 Å². The van der Waals surface area contributed by atoms with Gasteiger partial charge < -0.3 is 20.5 Å². The van der Waals surface area contributed by atoms with Gasteiger partial charge in [0.05, 0.1) is 37.7 Å². The molecule has 1 heterocycles. The number of nitrogens with two attached hydrogens (primary N) is 1. The number of ether oxygens (including phenoxy) is 2. The van der Waals surface area contributed by atoms with E-state index in [2.05, 4.69) is 20.6 Å². The van der Waals surface area contributed by atoms with Gasteiger partial charge in [-0.15, -0.1) is 29.1 Å². The maximum absolute atomic E-state index is 6.09. The quantitative estimate of drug-likeness (QED) is 0.297. The summed E-state index contributed by atoms with van der Waals surface area (Å²) in [5.41, 5.74) is 8.19. The largest absolute Gasteiger partial charge is 0.497 e. The lowest BCUT2D eigenvalue weighted by molar-refractivity contribution is 0.414. The fourth-order valence-corrected chi connectivity index (χ4v) is 2.59. The molecule has 28 heavy (non-hydrogen) atoms. The van der Waals surface area contributed by atoms with E-state index in [1.165, 1.54) is 0 Å². The number of nitrogens with one attached hydrogen (secondary N) is 1. The molecule has 0 bridgehead atoms. The molecule has 0 aliphatic heterocycles. The smallest absolute Gasteiger partial charge is 0.193 e. The van der Waals surface area contributed by atoms with Crippen LogP contribution in [0.5, 0.6) is 11.5 Å². The van der Waals surface area contributed by atoms with Gasteiger partial charge in [-0.1, -0.05) is 16.8 Å². The summed E-state index contributed by atoms with van der Waals surface area (Å²) in [6, 6.07) is 12.8. The van der Waals surface area contributed by atoms with Crippen LogP contribution in [-0.2, 0) is 6.54 Å². The lowest BCUT2D eigenvalue weighted by Crippen LogP contribution is -2.22. The molecule has 0 radical (unpaired) electrons. The summed E-state index contributed by atoms with van der Waals surface area (Å²) in [6.45, 7) is 0.291. The molecule has 3 aromatic rings. The molecule has 0 atom stereocenters. The van der Waals surface area contributed by atoms with Gasteiger partial charge in [0.1, 0.15) is 17.2 Å². The first-order valence-corrected chi connectivity index (χ1v) is 8.43. The number of aromatic nitrogens is 3. The lowest BCUT2D eigenvalue weighted by Gasteiger charge is -2.08. The van der Waals surface area contributed by atoms with Gasteiger partial charge in [0, 0.05) is 5.69 Å². The number of hydrogen-bond acceptors (Lipinski definition) is 5. The van der Waals surface area contributed by atoms with Crippen LogP contribution in [0.2, 0.25) is 5.02 Å². The van der Waals surface area contributed by atoms with E-state index in [1.54, 1.807) is 43.3 Å². The predicted octanol–water partition coefficient (Wildman–Crippen LogP) is 3.48. The van der Waals surface area contributed by atoms with Crippen molar-refractivity contribution in [1.29, 1.82) is 0 Å². The Labute approximate surface area is 184 Å². The van der Waals surface area contributed by atoms with Gasteiger partial charge in [-0.2, -0.15) is 0 Å². The Morgan fingerprint density at radius 1 is 1.18 bits per heavy atom. The number of benzene rings is 2. The van der Waals surface area contributed by atoms with Crippen LogP contribution in [0, 0.1) is 0 Å². The van der Waals surface area contributed by atoms with Crippen molar-refractivity contribution in [2.45, 2.75) is 6.54 Å². The summed E-state index contributed by atoms with van der Waals surface area (Å²) in [5.74, 6) is 1.62. The molecule has 3 N–H and O–H groups in total. The molecule has 0 aliphatic carbocycles. The zero-order chi connectivity index (χ0) is 19.2. The van der Waals surface area contributed by atoms with Crippen molar-refractivity contribution in [3.8, 4) is 17.2 Å². The zero-order valence-electron chi connectivity index (χ0n) is 15.3. The Kier molecular flexibility index (Phi) is 7.88. The van der Waals surface area contributed by atoms with Crippen LogP contribution >= 0.6 is 35.6 Å². The van der Waals surface area contributed by atoms with Gasteiger partial charge in [0.2, 0.25) is 0 Å². The SMILES string of the molecule is COc1ccc(-n2cc(CN=C(N)Nc3ccc(OC)c(Cl)c3)nn2)cc1.I. The van der Waals surface area contributed by atoms with Crippen LogP contribution in [0.3, 0.4) is 0 Å². The van der Waals surface area contributed by atoms with Gasteiger partial charge in [0.25, 0.3) is 0 Å². The number of hydrogen-bond donors (Lipinski definition) is 2. The van der Waals surface area contributed by atoms with Gasteiger partial charge in [-0.05, 0) is 42.5 Å². The minimum atomic E-state index is 0. The second kappa shape index (κ2) is 10.1. The first-order chi connectivity index (χ1) is 13.1. The molecule has 0 amide bonds. The molecule has 10 heteroatoms. The second-order valence-corrected chi connectivity index (χ2v) is 5.94. The van der Waals surface area contributed by atoms with Crippen LogP contribution in [-0.4, -0.2) is 35.2 Å². The van der Waals surface area contributed by atoms with Crippen molar-refractivity contribution in [3.63, 3.8) is 0 Å². The summed E-state index contributed by atoms with van der Waals surface area (Å²) >= 11 is 6.09. The molecule has 0 saturated carbocycles. The molecule has 0 fully saturated rings. The van der Waals surface area contributed by atoms with E-state index >= 15 is 0 Å². The molecular formula is C18H20ClIN6O2. The van der Waals surface area contributed by atoms with Crippen LogP contribution in [0.15, 0.2) is 53.7 Å². The van der Waals surface area contributed by atoms with Crippen LogP contribution in [0.1, 0.15) is 5.69 Å². The first-order valence-electron chi connectivity index (χ1n) is 8.05. The van der Waals surface area contributed by atoms with E-state index in [4.69, 9.17) is 26.8 Å². The van der Waals surface area contributed by atoms with Crippen LogP contribution in [0.4, 0.5) is 5.69 Å². The van der Waals surface area contributed by atoms with E-state index in [0.717, 1.165) is 11.4 Å². The highest BCUT2D eigenvalue weighted by molar-refractivity contribution is 14.0. The summed E-state index contributed by atoms with van der Waals surface area (Å²) in [4.78, 5) is 4.27. The molecule has 8 nitrogen and oxygen atoms in total. The molecular weight excluding hydrogens is 495 g/mol. The number of guanidine groups is 1.